The number of carbonyl (C=O) groups is 2. The number of carbonyl (C=O) groups excluding carboxylic acids is 2. The van der Waals surface area contributed by atoms with E-state index in [1.54, 1.807) is 24.3 Å². The molecule has 0 spiro atoms. The van der Waals surface area contributed by atoms with E-state index in [4.69, 9.17) is 0 Å². The maximum Gasteiger partial charge on any atom is 0.422 e. The zero-order chi connectivity index (χ0) is 29.5. The van der Waals surface area contributed by atoms with Gasteiger partial charge in [-0.25, -0.2) is 4.79 Å². The van der Waals surface area contributed by atoms with Crippen molar-refractivity contribution in [2.45, 2.75) is 44.7 Å². The molecule has 0 bridgehead atoms. The molecular weight excluding hydrogens is 529 g/mol. The zero-order valence-electron chi connectivity index (χ0n) is 23.3. The number of alkyl halides is 3. The van der Waals surface area contributed by atoms with Gasteiger partial charge in [0.05, 0.1) is 5.41 Å². The molecule has 0 saturated heterocycles. The molecule has 1 N–H and O–H groups in total. The maximum absolute atomic E-state index is 13.7. The third-order valence-corrected chi connectivity index (χ3v) is 7.44. The van der Waals surface area contributed by atoms with Crippen molar-refractivity contribution in [2.75, 3.05) is 30.9 Å². The molecule has 216 valence electrons. The van der Waals surface area contributed by atoms with Crippen LogP contribution in [-0.4, -0.2) is 38.8 Å². The summed E-state index contributed by atoms with van der Waals surface area (Å²) in [6.07, 6.45) is 2.98. The predicted octanol–water partition coefficient (Wildman–Crippen LogP) is 7.67. The summed E-state index contributed by atoms with van der Waals surface area (Å²) in [5.41, 5.74) is 5.06. The molecule has 1 fully saturated rings. The Kier molecular flexibility index (Phi) is 9.53. The summed E-state index contributed by atoms with van der Waals surface area (Å²) in [5.74, 6) is -1.14. The second-order valence-corrected chi connectivity index (χ2v) is 10.8. The third kappa shape index (κ3) is 8.46. The van der Waals surface area contributed by atoms with Crippen LogP contribution in [0.25, 0.3) is 17.2 Å². The summed E-state index contributed by atoms with van der Waals surface area (Å²) in [6, 6.07) is 23.6. The van der Waals surface area contributed by atoms with E-state index in [1.165, 1.54) is 6.08 Å². The molecule has 1 saturated carbocycles. The van der Waals surface area contributed by atoms with E-state index in [1.807, 2.05) is 14.1 Å². The van der Waals surface area contributed by atoms with Crippen LogP contribution in [0.4, 0.5) is 24.5 Å². The number of rotatable bonds is 9. The van der Waals surface area contributed by atoms with Crippen molar-refractivity contribution >= 4 is 29.3 Å². The van der Waals surface area contributed by atoms with Crippen molar-refractivity contribution in [1.82, 2.24) is 0 Å². The van der Waals surface area contributed by atoms with E-state index in [0.717, 1.165) is 60.6 Å². The normalized spacial score (nSPS) is 15.0. The Morgan fingerprint density at radius 2 is 1.56 bits per heavy atom. The van der Waals surface area contributed by atoms with E-state index >= 15 is 0 Å². The van der Waals surface area contributed by atoms with Crippen LogP contribution >= 0.6 is 0 Å². The number of hydrogen-bond donors (Lipinski definition) is 1. The molecule has 8 heteroatoms. The van der Waals surface area contributed by atoms with Gasteiger partial charge in [0.15, 0.2) is 6.61 Å². The van der Waals surface area contributed by atoms with E-state index in [-0.39, 0.29) is 5.91 Å². The highest BCUT2D eigenvalue weighted by atomic mass is 19.4. The van der Waals surface area contributed by atoms with Gasteiger partial charge in [-0.1, -0.05) is 67.8 Å². The van der Waals surface area contributed by atoms with Crippen molar-refractivity contribution in [1.29, 1.82) is 0 Å². The maximum atomic E-state index is 13.7. The lowest BCUT2D eigenvalue weighted by Gasteiger charge is -2.36. The lowest BCUT2D eigenvalue weighted by molar-refractivity contribution is -0.182. The topological polar surface area (TPSA) is 58.6 Å². The van der Waals surface area contributed by atoms with Gasteiger partial charge in [0, 0.05) is 31.5 Å². The second-order valence-electron chi connectivity index (χ2n) is 10.8. The molecule has 0 heterocycles. The highest BCUT2D eigenvalue weighted by Crippen LogP contribution is 2.41. The Balaban J connectivity index is 1.44. The van der Waals surface area contributed by atoms with Gasteiger partial charge >= 0.3 is 12.1 Å². The average Bonchev–Trinajstić information content (AvgIpc) is 2.96. The number of ether oxygens (including phenoxy) is 1. The van der Waals surface area contributed by atoms with Crippen LogP contribution in [-0.2, 0) is 20.7 Å². The molecule has 3 aromatic rings. The SMILES string of the molecule is CN(C)c1ccc(-c2ccc(CC3(C(=O)Nc4cccc(/C=C/C(=O)OCC(F)(F)F)c4)CCCCC3)cc2)cc1. The molecule has 0 atom stereocenters. The molecule has 0 unspecified atom stereocenters. The monoisotopic (exact) mass is 564 g/mol. The summed E-state index contributed by atoms with van der Waals surface area (Å²) in [7, 11) is 4.03. The smallest absolute Gasteiger partial charge is 0.422 e. The Morgan fingerprint density at radius 1 is 0.927 bits per heavy atom. The summed E-state index contributed by atoms with van der Waals surface area (Å²) >= 11 is 0. The van der Waals surface area contributed by atoms with Crippen LogP contribution in [0.5, 0.6) is 0 Å². The van der Waals surface area contributed by atoms with Gasteiger partial charge in [-0.05, 0) is 71.9 Å². The van der Waals surface area contributed by atoms with Gasteiger partial charge in [0.25, 0.3) is 0 Å². The lowest BCUT2D eigenvalue weighted by Crippen LogP contribution is -2.40. The first kappa shape index (κ1) is 29.9. The third-order valence-electron chi connectivity index (χ3n) is 7.44. The standard InChI is InChI=1S/C33H35F3N2O3/c1-38(2)29-16-14-27(15-17-29)26-12-9-25(10-13-26)22-32(19-4-3-5-20-32)31(40)37-28-8-6-7-24(21-28)11-18-30(39)41-23-33(34,35)36/h6-18,21H,3-5,19-20,22-23H2,1-2H3,(H,37,40)/b18-11+. The predicted molar refractivity (Wildman–Crippen MR) is 157 cm³/mol. The van der Waals surface area contributed by atoms with Crippen molar-refractivity contribution in [2.24, 2.45) is 5.41 Å². The van der Waals surface area contributed by atoms with Crippen molar-refractivity contribution in [3.8, 4) is 11.1 Å². The van der Waals surface area contributed by atoms with Gasteiger partial charge in [0.2, 0.25) is 5.91 Å². The number of esters is 1. The van der Waals surface area contributed by atoms with Gasteiger partial charge in [-0.15, -0.1) is 0 Å². The fourth-order valence-corrected chi connectivity index (χ4v) is 5.22. The Hall–Kier alpha value is -4.07. The van der Waals surface area contributed by atoms with Crippen molar-refractivity contribution in [3.05, 3.63) is 90.0 Å². The van der Waals surface area contributed by atoms with Gasteiger partial charge in [-0.3, -0.25) is 4.79 Å². The first-order valence-electron chi connectivity index (χ1n) is 13.7. The molecule has 0 aromatic heterocycles. The fourth-order valence-electron chi connectivity index (χ4n) is 5.22. The molecule has 0 radical (unpaired) electrons. The number of amides is 1. The molecule has 4 rings (SSSR count). The summed E-state index contributed by atoms with van der Waals surface area (Å²) in [5, 5.41) is 3.06. The fraction of sp³-hybridized carbons (Fsp3) is 0.333. The van der Waals surface area contributed by atoms with E-state index < -0.39 is 24.2 Å². The van der Waals surface area contributed by atoms with Crippen LogP contribution in [0.3, 0.4) is 0 Å². The van der Waals surface area contributed by atoms with Crippen LogP contribution in [0.15, 0.2) is 78.9 Å². The van der Waals surface area contributed by atoms with Crippen LogP contribution < -0.4 is 10.2 Å². The minimum Gasteiger partial charge on any atom is -0.453 e. The van der Waals surface area contributed by atoms with Crippen LogP contribution in [0.1, 0.15) is 43.2 Å². The number of halogens is 3. The van der Waals surface area contributed by atoms with Gasteiger partial charge < -0.3 is 15.0 Å². The largest absolute Gasteiger partial charge is 0.453 e. The molecule has 1 aliphatic rings. The highest BCUT2D eigenvalue weighted by Gasteiger charge is 2.39. The number of nitrogens with zero attached hydrogens (tertiary/aromatic N) is 1. The molecule has 41 heavy (non-hydrogen) atoms. The minimum absolute atomic E-state index is 0.0498. The number of anilines is 2. The van der Waals surface area contributed by atoms with Crippen LogP contribution in [0.2, 0.25) is 0 Å². The summed E-state index contributed by atoms with van der Waals surface area (Å²) in [6.45, 7) is -1.64. The molecule has 1 amide bonds. The molecule has 5 nitrogen and oxygen atoms in total. The number of nitrogens with one attached hydrogen (secondary N) is 1. The number of benzene rings is 3. The van der Waals surface area contributed by atoms with Crippen LogP contribution in [0, 0.1) is 5.41 Å². The lowest BCUT2D eigenvalue weighted by atomic mass is 9.69. The Morgan fingerprint density at radius 3 is 2.17 bits per heavy atom. The Labute approximate surface area is 239 Å². The van der Waals surface area contributed by atoms with E-state index in [9.17, 15) is 22.8 Å². The highest BCUT2D eigenvalue weighted by molar-refractivity contribution is 5.96. The van der Waals surface area contributed by atoms with Gasteiger partial charge in [0.1, 0.15) is 0 Å². The molecule has 3 aromatic carbocycles. The minimum atomic E-state index is -4.58. The summed E-state index contributed by atoms with van der Waals surface area (Å²) < 4.78 is 41.0. The van der Waals surface area contributed by atoms with E-state index in [2.05, 4.69) is 63.5 Å². The summed E-state index contributed by atoms with van der Waals surface area (Å²) in [4.78, 5) is 27.4. The first-order chi connectivity index (χ1) is 19.5. The quantitative estimate of drug-likeness (QED) is 0.214. The molecular formula is C33H35F3N2O3. The average molecular weight is 565 g/mol. The van der Waals surface area contributed by atoms with Crippen molar-refractivity contribution < 1.29 is 27.5 Å². The first-order valence-corrected chi connectivity index (χ1v) is 13.7. The molecule has 1 aliphatic carbocycles. The zero-order valence-corrected chi connectivity index (χ0v) is 23.3. The second kappa shape index (κ2) is 13.1. The number of hydrogen-bond acceptors (Lipinski definition) is 4. The van der Waals surface area contributed by atoms with Gasteiger partial charge in [-0.2, -0.15) is 13.2 Å². The van der Waals surface area contributed by atoms with Crippen molar-refractivity contribution in [3.63, 3.8) is 0 Å². The Bertz CT molecular complexity index is 1360. The molecule has 0 aliphatic heterocycles. The van der Waals surface area contributed by atoms with E-state index in [0.29, 0.717) is 17.7 Å².